The molecule has 0 radical (unpaired) electrons. The number of benzene rings is 12. The lowest BCUT2D eigenvalue weighted by Gasteiger charge is -2.50. The van der Waals surface area contributed by atoms with Crippen LogP contribution < -0.4 is 9.80 Å². The van der Waals surface area contributed by atoms with Crippen LogP contribution in [0.4, 0.5) is 22.7 Å². The molecule has 4 atom stereocenters. The van der Waals surface area contributed by atoms with Gasteiger partial charge in [0, 0.05) is 33.6 Å². The Labute approximate surface area is 513 Å². The highest BCUT2D eigenvalue weighted by Gasteiger charge is 2.59. The van der Waals surface area contributed by atoms with Crippen molar-refractivity contribution in [3.8, 4) is 55.6 Å². The van der Waals surface area contributed by atoms with E-state index in [9.17, 15) is 0 Å². The molecule has 2 nitrogen and oxygen atoms in total. The van der Waals surface area contributed by atoms with E-state index in [1.807, 2.05) is 0 Å². The van der Waals surface area contributed by atoms with Gasteiger partial charge in [-0.05, 0) is 211 Å². The summed E-state index contributed by atoms with van der Waals surface area (Å²) >= 11 is 0. The lowest BCUT2D eigenvalue weighted by Crippen LogP contribution is -2.54. The summed E-state index contributed by atoms with van der Waals surface area (Å²) in [6.45, 7) is 10.2. The van der Waals surface area contributed by atoms with Crippen LogP contribution >= 0.6 is 0 Å². The van der Waals surface area contributed by atoms with Gasteiger partial charge in [0.05, 0.1) is 16.5 Å². The number of hydrogen-bond acceptors (Lipinski definition) is 2. The second-order valence-electron chi connectivity index (χ2n) is 26.8. The number of fused-ring (bicyclic) bond motifs is 11. The Morgan fingerprint density at radius 3 is 0.954 bits per heavy atom. The van der Waals surface area contributed by atoms with Crippen molar-refractivity contribution in [3.63, 3.8) is 0 Å². The molecule has 0 bridgehead atoms. The van der Waals surface area contributed by atoms with E-state index < -0.39 is 5.41 Å². The summed E-state index contributed by atoms with van der Waals surface area (Å²) in [5.74, 6) is 0. The molecule has 5 aliphatic rings. The van der Waals surface area contributed by atoms with Crippen molar-refractivity contribution >= 4 is 44.3 Å². The molecular formula is C85H72N2. The second kappa shape index (κ2) is 19.4. The number of nitrogens with zero attached hydrogens (tertiary/aromatic N) is 2. The van der Waals surface area contributed by atoms with Crippen molar-refractivity contribution in [2.45, 2.75) is 106 Å². The molecule has 12 aromatic rings. The lowest BCUT2D eigenvalue weighted by atomic mass is 9.61. The monoisotopic (exact) mass is 1120 g/mol. The molecule has 87 heavy (non-hydrogen) atoms. The molecule has 422 valence electrons. The average molecular weight is 1120 g/mol. The van der Waals surface area contributed by atoms with Gasteiger partial charge in [0.1, 0.15) is 0 Å². The van der Waals surface area contributed by atoms with Gasteiger partial charge in [-0.2, -0.15) is 0 Å². The molecule has 12 aromatic carbocycles. The van der Waals surface area contributed by atoms with E-state index in [0.717, 1.165) is 0 Å². The molecule has 2 saturated carbocycles. The Kier molecular flexibility index (Phi) is 11.6. The zero-order valence-electron chi connectivity index (χ0n) is 50.5. The molecule has 3 aliphatic carbocycles. The van der Waals surface area contributed by atoms with Gasteiger partial charge >= 0.3 is 0 Å². The largest absolute Gasteiger partial charge is 0.334 e. The quantitative estimate of drug-likeness (QED) is 0.150. The summed E-state index contributed by atoms with van der Waals surface area (Å²) in [5, 5.41) is 5.10. The molecule has 2 aliphatic heterocycles. The highest BCUT2D eigenvalue weighted by molar-refractivity contribution is 6.07. The Balaban J connectivity index is 0.806. The first-order valence-corrected chi connectivity index (χ1v) is 32.1. The zero-order chi connectivity index (χ0) is 58.3. The maximum atomic E-state index is 2.68. The molecule has 17 rings (SSSR count). The van der Waals surface area contributed by atoms with E-state index in [2.05, 4.69) is 304 Å². The first-order chi connectivity index (χ1) is 42.6. The van der Waals surface area contributed by atoms with Crippen LogP contribution in [0.25, 0.3) is 77.2 Å². The number of hydrogen-bond donors (Lipinski definition) is 0. The van der Waals surface area contributed by atoms with Crippen LogP contribution in [-0.4, -0.2) is 11.1 Å². The molecular weight excluding hydrogens is 1050 g/mol. The first-order valence-electron chi connectivity index (χ1n) is 32.1. The van der Waals surface area contributed by atoms with Crippen LogP contribution in [0, 0.1) is 0 Å². The summed E-state index contributed by atoms with van der Waals surface area (Å²) in [7, 11) is 0. The third-order valence-corrected chi connectivity index (χ3v) is 22.9. The van der Waals surface area contributed by atoms with E-state index in [1.165, 1.54) is 185 Å². The summed E-state index contributed by atoms with van der Waals surface area (Å²) in [6.07, 6.45) is 9.77. The van der Waals surface area contributed by atoms with Crippen LogP contribution in [0.5, 0.6) is 0 Å². The van der Waals surface area contributed by atoms with Crippen molar-refractivity contribution in [2.75, 3.05) is 9.80 Å². The Bertz CT molecular complexity index is 4420. The summed E-state index contributed by atoms with van der Waals surface area (Å²) in [5.41, 5.74) is 25.6. The minimum atomic E-state index is -0.536. The third kappa shape index (κ3) is 7.28. The first kappa shape index (κ1) is 52.1. The molecule has 0 N–H and O–H groups in total. The van der Waals surface area contributed by atoms with Gasteiger partial charge in [-0.3, -0.25) is 0 Å². The molecule has 0 saturated heterocycles. The van der Waals surface area contributed by atoms with Crippen molar-refractivity contribution in [2.24, 2.45) is 0 Å². The molecule has 2 heteroatoms. The predicted octanol–water partition coefficient (Wildman–Crippen LogP) is 22.5. The third-order valence-electron chi connectivity index (χ3n) is 22.9. The Morgan fingerprint density at radius 2 is 0.586 bits per heavy atom. The maximum absolute atomic E-state index is 2.68. The van der Waals surface area contributed by atoms with Gasteiger partial charge in [-0.1, -0.05) is 246 Å². The SMILES string of the molecule is CC12CCCCC1(C)N(c1ccccc1)c1ccc(-c3cccc4c(-c5ccc6c(c5)-c5cc(-c7cccc8c(-c9ccc%10c(c9)C9(C)CCCCC9(C)N%10c9ccccc9)cccc78)ccc5C6(c5ccccc5)c5ccccc5)cccc34)cc12. The van der Waals surface area contributed by atoms with Gasteiger partial charge in [0.25, 0.3) is 0 Å². The standard InChI is InChI=1S/C85H72N2/c1-81-49-17-19-51-83(81,3)86(63-29-13-7-14-30-63)79-47-43-59(55-77(79)81)67-35-23-37-69-65(33-21-39-71(67)69)57-41-45-75-73(53-57)74-54-58(42-46-76(74)85(75,61-25-9-5-10-26-61)62-27-11-6-12-28-62)66-34-22-40-72-68(36-24-38-70(66)72)60-44-48-80-78(56-60)82(2)50-18-20-52-84(82,4)87(80)64-31-15-8-16-32-64/h5-16,21-48,53-56H,17-20,49-52H2,1-4H3. The topological polar surface area (TPSA) is 6.48 Å². The van der Waals surface area contributed by atoms with Crippen LogP contribution in [-0.2, 0) is 16.2 Å². The van der Waals surface area contributed by atoms with Gasteiger partial charge < -0.3 is 9.80 Å². The van der Waals surface area contributed by atoms with Crippen LogP contribution in [0.2, 0.25) is 0 Å². The molecule has 2 fully saturated rings. The number of anilines is 4. The van der Waals surface area contributed by atoms with E-state index in [1.54, 1.807) is 0 Å². The minimum absolute atomic E-state index is 0.00421. The van der Waals surface area contributed by atoms with Gasteiger partial charge in [-0.25, -0.2) is 0 Å². The van der Waals surface area contributed by atoms with Crippen molar-refractivity contribution < 1.29 is 0 Å². The van der Waals surface area contributed by atoms with E-state index in [-0.39, 0.29) is 21.9 Å². The Morgan fingerprint density at radius 1 is 0.264 bits per heavy atom. The summed E-state index contributed by atoms with van der Waals surface area (Å²) in [6, 6.07) is 102. The van der Waals surface area contributed by atoms with Gasteiger partial charge in [-0.15, -0.1) is 0 Å². The highest BCUT2D eigenvalue weighted by Crippen LogP contribution is 2.64. The van der Waals surface area contributed by atoms with Crippen molar-refractivity contribution in [1.82, 2.24) is 0 Å². The molecule has 2 heterocycles. The normalized spacial score (nSPS) is 22.1. The fourth-order valence-corrected chi connectivity index (χ4v) is 18.2. The maximum Gasteiger partial charge on any atom is 0.0713 e. The lowest BCUT2D eigenvalue weighted by molar-refractivity contribution is 0.195. The van der Waals surface area contributed by atoms with Gasteiger partial charge in [0.2, 0.25) is 0 Å². The molecule has 0 aromatic heterocycles. The van der Waals surface area contributed by atoms with Crippen LogP contribution in [0.15, 0.2) is 267 Å². The fraction of sp³-hybridized carbons (Fsp3) is 0.200. The minimum Gasteiger partial charge on any atom is -0.334 e. The van der Waals surface area contributed by atoms with Crippen molar-refractivity contribution in [3.05, 3.63) is 300 Å². The van der Waals surface area contributed by atoms with E-state index in [0.29, 0.717) is 0 Å². The smallest absolute Gasteiger partial charge is 0.0713 e. The molecule has 0 amide bonds. The Hall–Kier alpha value is -9.24. The number of para-hydroxylation sites is 2. The van der Waals surface area contributed by atoms with E-state index >= 15 is 0 Å². The average Bonchev–Trinajstić information content (AvgIpc) is 1.68. The van der Waals surface area contributed by atoms with Crippen LogP contribution in [0.1, 0.15) is 112 Å². The molecule has 0 spiro atoms. The van der Waals surface area contributed by atoms with Crippen LogP contribution in [0.3, 0.4) is 0 Å². The zero-order valence-corrected chi connectivity index (χ0v) is 50.5. The summed E-state index contributed by atoms with van der Waals surface area (Å²) < 4.78 is 0. The van der Waals surface area contributed by atoms with Gasteiger partial charge in [0.15, 0.2) is 0 Å². The highest BCUT2D eigenvalue weighted by atomic mass is 15.3. The predicted molar refractivity (Wildman–Crippen MR) is 366 cm³/mol. The second-order valence-corrected chi connectivity index (χ2v) is 26.8. The van der Waals surface area contributed by atoms with E-state index in [4.69, 9.17) is 0 Å². The summed E-state index contributed by atoms with van der Waals surface area (Å²) in [4.78, 5) is 5.37. The van der Waals surface area contributed by atoms with Crippen molar-refractivity contribution in [1.29, 1.82) is 0 Å². The number of rotatable bonds is 8. The fourth-order valence-electron chi connectivity index (χ4n) is 18.2. The molecule has 4 unspecified atom stereocenters.